The largest absolute Gasteiger partial charge is 0.326 e. The Morgan fingerprint density at radius 1 is 1.14 bits per heavy atom. The molecule has 1 amide bonds. The molecule has 0 bridgehead atoms. The zero-order chi connectivity index (χ0) is 15.5. The summed E-state index contributed by atoms with van der Waals surface area (Å²) in [7, 11) is 0. The molecule has 2 rings (SSSR count). The van der Waals surface area contributed by atoms with Gasteiger partial charge in [0.25, 0.3) is 0 Å². The van der Waals surface area contributed by atoms with Crippen molar-refractivity contribution >= 4 is 22.4 Å². The third kappa shape index (κ3) is 3.82. The predicted octanol–water partition coefficient (Wildman–Crippen LogP) is 3.71. The summed E-state index contributed by atoms with van der Waals surface area (Å²) in [4.78, 5) is 14.4. The second-order valence-corrected chi connectivity index (χ2v) is 6.12. The lowest BCUT2D eigenvalue weighted by atomic mass is 9.99. The Morgan fingerprint density at radius 3 is 2.48 bits per heavy atom. The number of amides is 1. The quantitative estimate of drug-likeness (QED) is 0.909. The van der Waals surface area contributed by atoms with Crippen LogP contribution in [0.4, 0.5) is 5.69 Å². The first-order valence-corrected chi connectivity index (χ1v) is 7.49. The van der Waals surface area contributed by atoms with E-state index in [0.29, 0.717) is 19.4 Å². The van der Waals surface area contributed by atoms with E-state index in [2.05, 4.69) is 18.2 Å². The van der Waals surface area contributed by atoms with E-state index >= 15 is 0 Å². The molecule has 0 aromatic heterocycles. The zero-order valence-corrected chi connectivity index (χ0v) is 13.1. The second-order valence-electron chi connectivity index (χ2n) is 6.12. The van der Waals surface area contributed by atoms with Gasteiger partial charge in [-0.05, 0) is 38.6 Å². The highest BCUT2D eigenvalue weighted by Crippen LogP contribution is 2.27. The van der Waals surface area contributed by atoms with Gasteiger partial charge in [-0.25, -0.2) is 0 Å². The first-order chi connectivity index (χ1) is 9.92. The van der Waals surface area contributed by atoms with Crippen LogP contribution >= 0.6 is 0 Å². The molecule has 0 aliphatic carbocycles. The predicted molar refractivity (Wildman–Crippen MR) is 89.5 cm³/mol. The summed E-state index contributed by atoms with van der Waals surface area (Å²) in [6, 6.07) is 14.2. The highest BCUT2D eigenvalue weighted by molar-refractivity contribution is 6.03. The van der Waals surface area contributed by atoms with Crippen molar-refractivity contribution < 1.29 is 4.79 Å². The van der Waals surface area contributed by atoms with Crippen molar-refractivity contribution in [2.75, 3.05) is 11.4 Å². The molecule has 0 radical (unpaired) electrons. The van der Waals surface area contributed by atoms with E-state index in [9.17, 15) is 4.79 Å². The van der Waals surface area contributed by atoms with Crippen LogP contribution in [-0.4, -0.2) is 18.0 Å². The van der Waals surface area contributed by atoms with Crippen LogP contribution in [-0.2, 0) is 4.79 Å². The first-order valence-electron chi connectivity index (χ1n) is 7.49. The van der Waals surface area contributed by atoms with Gasteiger partial charge < -0.3 is 10.6 Å². The van der Waals surface area contributed by atoms with Crippen molar-refractivity contribution in [2.45, 2.75) is 39.2 Å². The third-order valence-electron chi connectivity index (χ3n) is 3.66. The van der Waals surface area contributed by atoms with Gasteiger partial charge in [0, 0.05) is 23.9 Å². The van der Waals surface area contributed by atoms with Crippen molar-refractivity contribution in [1.29, 1.82) is 0 Å². The summed E-state index contributed by atoms with van der Waals surface area (Å²) in [6.07, 6.45) is 1.16. The van der Waals surface area contributed by atoms with Crippen LogP contribution in [0.15, 0.2) is 42.5 Å². The van der Waals surface area contributed by atoms with Gasteiger partial charge in [0.2, 0.25) is 5.91 Å². The Balaban J connectivity index is 2.29. The minimum Gasteiger partial charge on any atom is -0.326 e. The maximum absolute atomic E-state index is 12.5. The van der Waals surface area contributed by atoms with Gasteiger partial charge in [-0.1, -0.05) is 36.4 Å². The Kier molecular flexibility index (Phi) is 4.63. The first kappa shape index (κ1) is 15.5. The van der Waals surface area contributed by atoms with Crippen LogP contribution in [0, 0.1) is 0 Å². The number of rotatable bonds is 5. The SMILES string of the molecule is CCN(C(=O)CCC(C)(C)N)c1cccc2ccccc12. The smallest absolute Gasteiger partial charge is 0.227 e. The zero-order valence-electron chi connectivity index (χ0n) is 13.1. The number of nitrogens with two attached hydrogens (primary N) is 1. The number of anilines is 1. The van der Waals surface area contributed by atoms with Crippen LogP contribution in [0.3, 0.4) is 0 Å². The topological polar surface area (TPSA) is 46.3 Å². The van der Waals surface area contributed by atoms with Crippen molar-refractivity contribution in [3.63, 3.8) is 0 Å². The molecule has 0 saturated carbocycles. The molecule has 21 heavy (non-hydrogen) atoms. The van der Waals surface area contributed by atoms with Gasteiger partial charge >= 0.3 is 0 Å². The molecular formula is C18H24N2O. The maximum atomic E-state index is 12.5. The Hall–Kier alpha value is -1.87. The van der Waals surface area contributed by atoms with Crippen molar-refractivity contribution in [1.82, 2.24) is 0 Å². The van der Waals surface area contributed by atoms with E-state index in [1.165, 1.54) is 0 Å². The molecule has 3 heteroatoms. The van der Waals surface area contributed by atoms with E-state index in [4.69, 9.17) is 5.73 Å². The number of hydrogen-bond acceptors (Lipinski definition) is 2. The van der Waals surface area contributed by atoms with Gasteiger partial charge in [0.05, 0.1) is 5.69 Å². The molecule has 0 aliphatic rings. The minimum absolute atomic E-state index is 0.132. The molecule has 0 heterocycles. The van der Waals surface area contributed by atoms with Crippen LogP contribution in [0.1, 0.15) is 33.6 Å². The fraction of sp³-hybridized carbons (Fsp3) is 0.389. The van der Waals surface area contributed by atoms with Crippen LogP contribution in [0.5, 0.6) is 0 Å². The number of hydrogen-bond donors (Lipinski definition) is 1. The van der Waals surface area contributed by atoms with E-state index in [1.54, 1.807) is 0 Å². The normalized spacial score (nSPS) is 11.6. The number of carbonyl (C=O) groups is 1. The summed E-state index contributed by atoms with van der Waals surface area (Å²) < 4.78 is 0. The Bertz CT molecular complexity index is 623. The molecule has 0 saturated heterocycles. The van der Waals surface area contributed by atoms with Crippen molar-refractivity contribution in [3.05, 3.63) is 42.5 Å². The Labute approximate surface area is 126 Å². The van der Waals surface area contributed by atoms with Crippen molar-refractivity contribution in [3.8, 4) is 0 Å². The van der Waals surface area contributed by atoms with Crippen LogP contribution < -0.4 is 10.6 Å². The summed E-state index contributed by atoms with van der Waals surface area (Å²) in [6.45, 7) is 6.58. The standard InChI is InChI=1S/C18H24N2O/c1-4-20(17(21)12-13-18(2,3)19)16-11-7-9-14-8-5-6-10-15(14)16/h5-11H,4,12-13,19H2,1-3H3. The highest BCUT2D eigenvalue weighted by atomic mass is 16.2. The number of carbonyl (C=O) groups excluding carboxylic acids is 1. The van der Waals surface area contributed by atoms with Gasteiger partial charge in [-0.2, -0.15) is 0 Å². The van der Waals surface area contributed by atoms with Crippen LogP contribution in [0.2, 0.25) is 0 Å². The molecule has 0 fully saturated rings. The van der Waals surface area contributed by atoms with E-state index in [1.807, 2.05) is 49.9 Å². The summed E-state index contributed by atoms with van der Waals surface area (Å²) in [5.41, 5.74) is 6.65. The molecule has 2 N–H and O–H groups in total. The van der Waals surface area contributed by atoms with Crippen LogP contribution in [0.25, 0.3) is 10.8 Å². The van der Waals surface area contributed by atoms with E-state index in [-0.39, 0.29) is 11.4 Å². The van der Waals surface area contributed by atoms with Crippen molar-refractivity contribution in [2.24, 2.45) is 5.73 Å². The number of benzene rings is 2. The number of fused-ring (bicyclic) bond motifs is 1. The third-order valence-corrected chi connectivity index (χ3v) is 3.66. The summed E-state index contributed by atoms with van der Waals surface area (Å²) in [5, 5.41) is 2.27. The fourth-order valence-electron chi connectivity index (χ4n) is 2.49. The van der Waals surface area contributed by atoms with Gasteiger partial charge in [-0.15, -0.1) is 0 Å². The average Bonchev–Trinajstić information content (AvgIpc) is 2.45. The molecule has 2 aromatic carbocycles. The molecule has 0 atom stereocenters. The average molecular weight is 284 g/mol. The fourth-order valence-corrected chi connectivity index (χ4v) is 2.49. The van der Waals surface area contributed by atoms with Gasteiger partial charge in [-0.3, -0.25) is 4.79 Å². The minimum atomic E-state index is -0.312. The molecular weight excluding hydrogens is 260 g/mol. The van der Waals surface area contributed by atoms with Gasteiger partial charge in [0.1, 0.15) is 0 Å². The lowest BCUT2D eigenvalue weighted by Gasteiger charge is -2.25. The molecule has 112 valence electrons. The monoisotopic (exact) mass is 284 g/mol. The summed E-state index contributed by atoms with van der Waals surface area (Å²) in [5.74, 6) is 0.132. The molecule has 0 unspecified atom stereocenters. The lowest BCUT2D eigenvalue weighted by Crippen LogP contribution is -2.36. The maximum Gasteiger partial charge on any atom is 0.227 e. The van der Waals surface area contributed by atoms with E-state index < -0.39 is 0 Å². The molecule has 3 nitrogen and oxygen atoms in total. The molecule has 0 aliphatic heterocycles. The van der Waals surface area contributed by atoms with Gasteiger partial charge in [0.15, 0.2) is 0 Å². The summed E-state index contributed by atoms with van der Waals surface area (Å²) >= 11 is 0. The second kappa shape index (κ2) is 6.27. The molecule has 2 aromatic rings. The number of nitrogens with zero attached hydrogens (tertiary/aromatic N) is 1. The highest BCUT2D eigenvalue weighted by Gasteiger charge is 2.19. The molecule has 0 spiro atoms. The lowest BCUT2D eigenvalue weighted by molar-refractivity contribution is -0.118. The Morgan fingerprint density at radius 2 is 1.81 bits per heavy atom. The van der Waals surface area contributed by atoms with E-state index in [0.717, 1.165) is 16.5 Å².